The van der Waals surface area contributed by atoms with Gasteiger partial charge in [0.1, 0.15) is 0 Å². The summed E-state index contributed by atoms with van der Waals surface area (Å²) in [4.78, 5) is 26.5. The normalized spacial score (nSPS) is 12.0. The molecule has 0 N–H and O–H groups in total. The maximum Gasteiger partial charge on any atom is 0.174 e. The van der Waals surface area contributed by atoms with Crippen molar-refractivity contribution in [2.45, 2.75) is 12.8 Å². The van der Waals surface area contributed by atoms with E-state index >= 15 is 0 Å². The average molecular weight is 407 g/mol. The largest absolute Gasteiger partial charge is 0.293 e. The van der Waals surface area contributed by atoms with E-state index in [1.54, 1.807) is 24.3 Å². The zero-order valence-corrected chi connectivity index (χ0v) is 16.0. The first kappa shape index (κ1) is 18.3. The minimum Gasteiger partial charge on any atom is -0.293 e. The van der Waals surface area contributed by atoms with E-state index in [0.29, 0.717) is 11.1 Å². The Hall–Kier alpha value is -2.52. The quantitative estimate of drug-likeness (QED) is 0.375. The molecule has 0 bridgehead atoms. The van der Waals surface area contributed by atoms with Gasteiger partial charge in [-0.2, -0.15) is 0 Å². The van der Waals surface area contributed by atoms with E-state index in [9.17, 15) is 9.59 Å². The molecular weight excluding hydrogens is 388 g/mol. The van der Waals surface area contributed by atoms with Gasteiger partial charge < -0.3 is 0 Å². The summed E-state index contributed by atoms with van der Waals surface area (Å²) in [6, 6.07) is 25.8. The Labute approximate surface area is 162 Å². The van der Waals surface area contributed by atoms with Crippen LogP contribution in [0.4, 0.5) is 0 Å². The van der Waals surface area contributed by atoms with Gasteiger partial charge in [0.2, 0.25) is 0 Å². The topological polar surface area (TPSA) is 34.1 Å². The van der Waals surface area contributed by atoms with Crippen molar-refractivity contribution in [2.24, 2.45) is 5.92 Å². The molecular formula is C23H19BrO2. The van der Waals surface area contributed by atoms with E-state index in [2.05, 4.69) is 15.9 Å². The number of Topliss-reactive ketones (excluding diaryl/α,β-unsaturated/α-hetero) is 2. The molecule has 0 radical (unpaired) electrons. The number of hydrogen-bond donors (Lipinski definition) is 0. The molecule has 3 heteroatoms. The van der Waals surface area contributed by atoms with Gasteiger partial charge in [-0.05, 0) is 17.5 Å². The molecule has 0 spiro atoms. The minimum absolute atomic E-state index is 0.150. The predicted molar refractivity (Wildman–Crippen MR) is 108 cm³/mol. The maximum atomic E-state index is 13.2. The zero-order valence-electron chi connectivity index (χ0n) is 14.4. The van der Waals surface area contributed by atoms with E-state index < -0.39 is 5.92 Å². The summed E-state index contributed by atoms with van der Waals surface area (Å²) in [7, 11) is 0. The van der Waals surface area contributed by atoms with Crippen LogP contribution in [0.1, 0.15) is 39.1 Å². The van der Waals surface area contributed by atoms with E-state index in [4.69, 9.17) is 0 Å². The van der Waals surface area contributed by atoms with Crippen LogP contribution < -0.4 is 0 Å². The van der Waals surface area contributed by atoms with Crippen LogP contribution in [0.25, 0.3) is 0 Å². The van der Waals surface area contributed by atoms with Crippen molar-refractivity contribution < 1.29 is 9.59 Å². The number of benzene rings is 3. The molecule has 0 heterocycles. The summed E-state index contributed by atoms with van der Waals surface area (Å²) in [5, 5.41) is 0. The smallest absolute Gasteiger partial charge is 0.174 e. The third kappa shape index (κ3) is 3.83. The minimum atomic E-state index is -0.779. The van der Waals surface area contributed by atoms with Crippen LogP contribution in [0, 0.1) is 5.92 Å². The lowest BCUT2D eigenvalue weighted by atomic mass is 9.78. The second-order valence-corrected chi connectivity index (χ2v) is 7.10. The van der Waals surface area contributed by atoms with Crippen molar-refractivity contribution in [2.75, 3.05) is 0 Å². The summed E-state index contributed by atoms with van der Waals surface area (Å²) in [5.41, 5.74) is 2.06. The number of ketones is 2. The first-order valence-electron chi connectivity index (χ1n) is 8.52. The first-order valence-corrected chi connectivity index (χ1v) is 9.32. The highest BCUT2D eigenvalue weighted by atomic mass is 79.9. The molecule has 0 fully saturated rings. The molecule has 0 aliphatic rings. The standard InChI is InChI=1S/C23H19BrO2/c1-16(19-14-8-9-15-20(19)24)21(22(25)17-10-4-2-5-11-17)23(26)18-12-6-3-7-13-18/h2-16,21H,1H3. The predicted octanol–water partition coefficient (Wildman–Crippen LogP) is 5.93. The summed E-state index contributed by atoms with van der Waals surface area (Å²) in [6.07, 6.45) is 0. The van der Waals surface area contributed by atoms with E-state index in [1.807, 2.05) is 67.6 Å². The number of carbonyl (C=O) groups excluding carboxylic acids is 2. The Morgan fingerprint density at radius 2 is 1.12 bits per heavy atom. The third-order valence-electron chi connectivity index (χ3n) is 4.58. The van der Waals surface area contributed by atoms with Crippen molar-refractivity contribution in [1.29, 1.82) is 0 Å². The highest BCUT2D eigenvalue weighted by Gasteiger charge is 2.34. The fourth-order valence-corrected chi connectivity index (χ4v) is 3.81. The van der Waals surface area contributed by atoms with E-state index in [-0.39, 0.29) is 17.5 Å². The second-order valence-electron chi connectivity index (χ2n) is 6.25. The van der Waals surface area contributed by atoms with Crippen LogP contribution in [0.2, 0.25) is 0 Å². The second kappa shape index (κ2) is 8.24. The Bertz CT molecular complexity index is 852. The molecule has 0 saturated heterocycles. The molecule has 1 unspecified atom stereocenters. The molecule has 0 aliphatic heterocycles. The average Bonchev–Trinajstić information content (AvgIpc) is 2.69. The highest BCUT2D eigenvalue weighted by molar-refractivity contribution is 9.10. The molecule has 26 heavy (non-hydrogen) atoms. The van der Waals surface area contributed by atoms with Gasteiger partial charge in [0.25, 0.3) is 0 Å². The summed E-state index contributed by atoms with van der Waals surface area (Å²) >= 11 is 3.55. The van der Waals surface area contributed by atoms with Gasteiger partial charge in [-0.25, -0.2) is 0 Å². The molecule has 3 aromatic carbocycles. The number of halogens is 1. The zero-order chi connectivity index (χ0) is 18.5. The molecule has 3 aromatic rings. The lowest BCUT2D eigenvalue weighted by Gasteiger charge is -2.23. The number of hydrogen-bond acceptors (Lipinski definition) is 2. The number of rotatable bonds is 6. The van der Waals surface area contributed by atoms with Crippen molar-refractivity contribution in [3.8, 4) is 0 Å². The van der Waals surface area contributed by atoms with Gasteiger partial charge in [0, 0.05) is 15.6 Å². The van der Waals surface area contributed by atoms with Gasteiger partial charge in [0.05, 0.1) is 5.92 Å². The monoisotopic (exact) mass is 406 g/mol. The summed E-state index contributed by atoms with van der Waals surface area (Å²) in [6.45, 7) is 1.94. The third-order valence-corrected chi connectivity index (χ3v) is 5.30. The fourth-order valence-electron chi connectivity index (χ4n) is 3.16. The van der Waals surface area contributed by atoms with Crippen LogP contribution in [0.15, 0.2) is 89.4 Å². The Morgan fingerprint density at radius 3 is 1.58 bits per heavy atom. The molecule has 1 atom stereocenters. The van der Waals surface area contributed by atoms with Crippen molar-refractivity contribution in [3.63, 3.8) is 0 Å². The van der Waals surface area contributed by atoms with Crippen molar-refractivity contribution in [1.82, 2.24) is 0 Å². The van der Waals surface area contributed by atoms with Crippen LogP contribution in [0.3, 0.4) is 0 Å². The highest BCUT2D eigenvalue weighted by Crippen LogP contribution is 2.34. The van der Waals surface area contributed by atoms with Crippen LogP contribution in [-0.4, -0.2) is 11.6 Å². The molecule has 0 amide bonds. The van der Waals surface area contributed by atoms with Gasteiger partial charge in [-0.1, -0.05) is 102 Å². The van der Waals surface area contributed by atoms with Gasteiger partial charge in [-0.3, -0.25) is 9.59 Å². The summed E-state index contributed by atoms with van der Waals surface area (Å²) in [5.74, 6) is -1.34. The van der Waals surface area contributed by atoms with E-state index in [0.717, 1.165) is 10.0 Å². The first-order chi connectivity index (χ1) is 12.6. The van der Waals surface area contributed by atoms with Crippen LogP contribution in [-0.2, 0) is 0 Å². The molecule has 2 nitrogen and oxygen atoms in total. The molecule has 0 aromatic heterocycles. The van der Waals surface area contributed by atoms with Crippen LogP contribution in [0.5, 0.6) is 0 Å². The van der Waals surface area contributed by atoms with Crippen molar-refractivity contribution in [3.05, 3.63) is 106 Å². The molecule has 0 saturated carbocycles. The lowest BCUT2D eigenvalue weighted by molar-refractivity contribution is 0.0787. The van der Waals surface area contributed by atoms with Gasteiger partial charge >= 0.3 is 0 Å². The Balaban J connectivity index is 2.06. The van der Waals surface area contributed by atoms with Crippen LogP contribution >= 0.6 is 15.9 Å². The molecule has 0 aliphatic carbocycles. The van der Waals surface area contributed by atoms with Gasteiger partial charge in [0.15, 0.2) is 11.6 Å². The fraction of sp³-hybridized carbons (Fsp3) is 0.130. The summed E-state index contributed by atoms with van der Waals surface area (Å²) < 4.78 is 0.902. The number of carbonyl (C=O) groups is 2. The maximum absolute atomic E-state index is 13.2. The Morgan fingerprint density at radius 1 is 0.692 bits per heavy atom. The lowest BCUT2D eigenvalue weighted by Crippen LogP contribution is -2.29. The molecule has 3 rings (SSSR count). The Kier molecular flexibility index (Phi) is 5.79. The van der Waals surface area contributed by atoms with Gasteiger partial charge in [-0.15, -0.1) is 0 Å². The SMILES string of the molecule is CC(c1ccccc1Br)C(C(=O)c1ccccc1)C(=O)c1ccccc1. The van der Waals surface area contributed by atoms with Crippen molar-refractivity contribution >= 4 is 27.5 Å². The molecule has 130 valence electrons. The van der Waals surface area contributed by atoms with E-state index in [1.165, 1.54) is 0 Å².